The van der Waals surface area contributed by atoms with Gasteiger partial charge in [-0.25, -0.2) is 18.7 Å². The fourth-order valence-corrected chi connectivity index (χ4v) is 2.01. The fourth-order valence-electron chi connectivity index (χ4n) is 1.82. The maximum absolute atomic E-state index is 13.2. The monoisotopic (exact) mass is 327 g/mol. The van der Waals surface area contributed by atoms with E-state index in [2.05, 4.69) is 15.3 Å². The Labute approximate surface area is 130 Å². The molecule has 2 atom stereocenters. The van der Waals surface area contributed by atoms with Crippen molar-refractivity contribution in [2.75, 3.05) is 0 Å². The van der Waals surface area contributed by atoms with Crippen LogP contribution < -0.4 is 5.32 Å². The van der Waals surface area contributed by atoms with E-state index in [0.29, 0.717) is 0 Å². The lowest BCUT2D eigenvalue weighted by Crippen LogP contribution is -2.37. The number of aliphatic hydroxyl groups excluding tert-OH is 1. The average molecular weight is 328 g/mol. The zero-order chi connectivity index (χ0) is 16.3. The third-order valence-electron chi connectivity index (χ3n) is 3.00. The van der Waals surface area contributed by atoms with Crippen LogP contribution in [0.5, 0.6) is 0 Å². The minimum Gasteiger partial charge on any atom is -0.386 e. The Bertz CT molecular complexity index is 700. The molecule has 0 aliphatic rings. The lowest BCUT2D eigenvalue weighted by atomic mass is 10.0. The molecule has 2 rings (SSSR count). The second kappa shape index (κ2) is 6.76. The third kappa shape index (κ3) is 3.55. The van der Waals surface area contributed by atoms with Gasteiger partial charge in [0, 0.05) is 6.20 Å². The first-order valence-electron chi connectivity index (χ1n) is 6.29. The number of carbonyl (C=O) groups is 1. The lowest BCUT2D eigenvalue weighted by Gasteiger charge is -2.20. The number of hydrogen-bond acceptors (Lipinski definition) is 4. The average Bonchev–Trinajstić information content (AvgIpc) is 2.49. The molecular weight excluding hydrogens is 316 g/mol. The molecule has 0 fully saturated rings. The van der Waals surface area contributed by atoms with E-state index in [-0.39, 0.29) is 16.3 Å². The number of aromatic nitrogens is 2. The van der Waals surface area contributed by atoms with Gasteiger partial charge in [-0.15, -0.1) is 0 Å². The van der Waals surface area contributed by atoms with Crippen molar-refractivity contribution in [3.05, 3.63) is 58.6 Å². The van der Waals surface area contributed by atoms with Gasteiger partial charge in [-0.1, -0.05) is 17.7 Å². The van der Waals surface area contributed by atoms with Crippen molar-refractivity contribution >= 4 is 17.5 Å². The van der Waals surface area contributed by atoms with Gasteiger partial charge in [-0.05, 0) is 24.6 Å². The fraction of sp³-hybridized carbons (Fsp3) is 0.214. The normalized spacial score (nSPS) is 13.5. The third-order valence-corrected chi connectivity index (χ3v) is 3.28. The molecule has 2 unspecified atom stereocenters. The second-order valence-corrected chi connectivity index (χ2v) is 5.01. The Hall–Kier alpha value is -2.12. The van der Waals surface area contributed by atoms with E-state index in [9.17, 15) is 18.7 Å². The van der Waals surface area contributed by atoms with Crippen LogP contribution in [0.1, 0.15) is 29.1 Å². The molecule has 0 aliphatic carbocycles. The van der Waals surface area contributed by atoms with Crippen molar-refractivity contribution in [1.29, 1.82) is 0 Å². The van der Waals surface area contributed by atoms with Crippen LogP contribution in [-0.2, 0) is 0 Å². The summed E-state index contributed by atoms with van der Waals surface area (Å²) in [5, 5.41) is 12.7. The number of rotatable bonds is 4. The van der Waals surface area contributed by atoms with E-state index in [1.807, 2.05) is 0 Å². The van der Waals surface area contributed by atoms with Crippen LogP contribution in [-0.4, -0.2) is 27.0 Å². The SMILES string of the molecule is CC(NC(=O)c1ncncc1Cl)C(O)c1ccc(F)c(F)c1. The van der Waals surface area contributed by atoms with E-state index in [4.69, 9.17) is 11.6 Å². The summed E-state index contributed by atoms with van der Waals surface area (Å²) in [4.78, 5) is 19.4. The number of aliphatic hydroxyl groups is 1. The zero-order valence-corrected chi connectivity index (χ0v) is 12.2. The molecule has 0 aliphatic heterocycles. The Kier molecular flexibility index (Phi) is 4.99. The van der Waals surface area contributed by atoms with Crippen molar-refractivity contribution in [1.82, 2.24) is 15.3 Å². The van der Waals surface area contributed by atoms with Gasteiger partial charge in [-0.3, -0.25) is 4.79 Å². The number of amides is 1. The first-order chi connectivity index (χ1) is 10.4. The molecule has 0 radical (unpaired) electrons. The predicted octanol–water partition coefficient (Wildman–Crippen LogP) is 2.26. The van der Waals surface area contributed by atoms with Crippen molar-refractivity contribution < 1.29 is 18.7 Å². The maximum atomic E-state index is 13.2. The smallest absolute Gasteiger partial charge is 0.271 e. The van der Waals surface area contributed by atoms with Crippen LogP contribution >= 0.6 is 11.6 Å². The van der Waals surface area contributed by atoms with Crippen LogP contribution in [0.4, 0.5) is 8.78 Å². The van der Waals surface area contributed by atoms with Gasteiger partial charge in [0.15, 0.2) is 11.6 Å². The molecule has 1 aromatic heterocycles. The molecule has 0 bridgehead atoms. The van der Waals surface area contributed by atoms with E-state index >= 15 is 0 Å². The minimum absolute atomic E-state index is 0.0407. The standard InChI is InChI=1S/C14H12ClF2N3O2/c1-7(13(21)8-2-3-10(16)11(17)4-8)20-14(22)12-9(15)5-18-6-19-12/h2-7,13,21H,1H3,(H,20,22). The quantitative estimate of drug-likeness (QED) is 0.903. The van der Waals surface area contributed by atoms with Crippen LogP contribution in [0.15, 0.2) is 30.7 Å². The highest BCUT2D eigenvalue weighted by atomic mass is 35.5. The molecule has 1 aromatic carbocycles. The summed E-state index contributed by atoms with van der Waals surface area (Å²) in [5.74, 6) is -2.70. The molecule has 0 spiro atoms. The number of halogens is 3. The van der Waals surface area contributed by atoms with Crippen molar-refractivity contribution in [3.8, 4) is 0 Å². The first-order valence-corrected chi connectivity index (χ1v) is 6.67. The molecule has 8 heteroatoms. The van der Waals surface area contributed by atoms with E-state index < -0.39 is 29.7 Å². The Balaban J connectivity index is 2.11. The molecule has 2 N–H and O–H groups in total. The summed E-state index contributed by atoms with van der Waals surface area (Å²) in [6, 6.07) is 2.25. The van der Waals surface area contributed by atoms with Crippen molar-refractivity contribution in [3.63, 3.8) is 0 Å². The van der Waals surface area contributed by atoms with Crippen LogP contribution in [0, 0.1) is 11.6 Å². The zero-order valence-electron chi connectivity index (χ0n) is 11.4. The lowest BCUT2D eigenvalue weighted by molar-refractivity contribution is 0.0846. The summed E-state index contributed by atoms with van der Waals surface area (Å²) >= 11 is 5.80. The Morgan fingerprint density at radius 2 is 2.09 bits per heavy atom. The van der Waals surface area contributed by atoms with Crippen molar-refractivity contribution in [2.45, 2.75) is 19.1 Å². The van der Waals surface area contributed by atoms with Gasteiger partial charge in [0.05, 0.1) is 17.2 Å². The van der Waals surface area contributed by atoms with Crippen LogP contribution in [0.25, 0.3) is 0 Å². The summed E-state index contributed by atoms with van der Waals surface area (Å²) in [6.45, 7) is 1.51. The molecule has 0 saturated carbocycles. The van der Waals surface area contributed by atoms with Gasteiger partial charge in [0.25, 0.3) is 5.91 Å². The summed E-state index contributed by atoms with van der Waals surface area (Å²) in [7, 11) is 0. The predicted molar refractivity (Wildman–Crippen MR) is 75.3 cm³/mol. The van der Waals surface area contributed by atoms with Gasteiger partial charge in [0.1, 0.15) is 12.0 Å². The topological polar surface area (TPSA) is 75.1 Å². The Morgan fingerprint density at radius 1 is 1.36 bits per heavy atom. The highest BCUT2D eigenvalue weighted by Crippen LogP contribution is 2.20. The molecule has 1 heterocycles. The van der Waals surface area contributed by atoms with Crippen LogP contribution in [0.2, 0.25) is 5.02 Å². The highest BCUT2D eigenvalue weighted by Gasteiger charge is 2.22. The van der Waals surface area contributed by atoms with Crippen LogP contribution in [0.3, 0.4) is 0 Å². The molecule has 22 heavy (non-hydrogen) atoms. The van der Waals surface area contributed by atoms with Gasteiger partial charge < -0.3 is 10.4 Å². The first kappa shape index (κ1) is 16.3. The van der Waals surface area contributed by atoms with E-state index in [1.54, 1.807) is 0 Å². The van der Waals surface area contributed by atoms with Gasteiger partial charge in [0.2, 0.25) is 0 Å². The molecular formula is C14H12ClF2N3O2. The number of hydrogen-bond donors (Lipinski definition) is 2. The second-order valence-electron chi connectivity index (χ2n) is 4.60. The summed E-state index contributed by atoms with van der Waals surface area (Å²) in [5.41, 5.74) is 0.0986. The van der Waals surface area contributed by atoms with Gasteiger partial charge in [-0.2, -0.15) is 0 Å². The molecule has 1 amide bonds. The number of carbonyl (C=O) groups excluding carboxylic acids is 1. The minimum atomic E-state index is -1.22. The van der Waals surface area contributed by atoms with E-state index in [1.165, 1.54) is 19.2 Å². The maximum Gasteiger partial charge on any atom is 0.271 e. The number of benzene rings is 1. The number of nitrogens with zero attached hydrogens (tertiary/aromatic N) is 2. The molecule has 116 valence electrons. The van der Waals surface area contributed by atoms with E-state index in [0.717, 1.165) is 18.5 Å². The van der Waals surface area contributed by atoms with Gasteiger partial charge >= 0.3 is 0 Å². The molecule has 5 nitrogen and oxygen atoms in total. The highest BCUT2D eigenvalue weighted by molar-refractivity contribution is 6.33. The Morgan fingerprint density at radius 3 is 2.73 bits per heavy atom. The molecule has 0 saturated heterocycles. The summed E-state index contributed by atoms with van der Waals surface area (Å²) in [6.07, 6.45) is 1.21. The summed E-state index contributed by atoms with van der Waals surface area (Å²) < 4.78 is 26.1. The number of nitrogens with one attached hydrogen (secondary N) is 1. The largest absolute Gasteiger partial charge is 0.386 e. The molecule has 2 aromatic rings. The van der Waals surface area contributed by atoms with Crippen molar-refractivity contribution in [2.24, 2.45) is 0 Å².